The lowest BCUT2D eigenvalue weighted by Crippen LogP contribution is -2.22. The van der Waals surface area contributed by atoms with Crippen molar-refractivity contribution in [2.24, 2.45) is 0 Å². The van der Waals surface area contributed by atoms with Gasteiger partial charge in [0.1, 0.15) is 5.82 Å². The van der Waals surface area contributed by atoms with Crippen LogP contribution in [0.2, 0.25) is 0 Å². The number of amides is 1. The van der Waals surface area contributed by atoms with E-state index in [1.807, 2.05) is 11.0 Å². The maximum atomic E-state index is 13.7. The number of nitrogens with one attached hydrogen (secondary N) is 1. The van der Waals surface area contributed by atoms with Crippen molar-refractivity contribution >= 4 is 23.4 Å². The monoisotopic (exact) mass is 313 g/mol. The molecule has 1 aliphatic heterocycles. The minimum absolute atomic E-state index is 0.0701. The van der Waals surface area contributed by atoms with Crippen LogP contribution in [0.15, 0.2) is 18.3 Å². The highest BCUT2D eigenvalue weighted by Crippen LogP contribution is 2.57. The van der Waals surface area contributed by atoms with Gasteiger partial charge >= 0.3 is 0 Å². The average molecular weight is 313 g/mol. The van der Waals surface area contributed by atoms with Crippen LogP contribution in [0, 0.1) is 12.9 Å². The van der Waals surface area contributed by atoms with Crippen LogP contribution >= 0.6 is 0 Å². The number of halogens is 1. The molecule has 0 bridgehead atoms. The van der Waals surface area contributed by atoms with E-state index in [0.29, 0.717) is 17.5 Å². The molecule has 0 saturated heterocycles. The van der Waals surface area contributed by atoms with Gasteiger partial charge < -0.3 is 10.2 Å². The summed E-state index contributed by atoms with van der Waals surface area (Å²) in [4.78, 5) is 25.8. The number of pyridine rings is 1. The van der Waals surface area contributed by atoms with Crippen LogP contribution < -0.4 is 10.2 Å². The standard InChI is InChI=1S/C16H16FN5O/c1-9-5-13(17)21-15(19-9)22-8-16(3-4-16)11-7-18-14(6-12(11)22)20-10(2)23/h5-7H,3-4,8H2,1-2H3,(H,18,20,23). The topological polar surface area (TPSA) is 71.0 Å². The Morgan fingerprint density at radius 2 is 2.13 bits per heavy atom. The number of aryl methyl sites for hydroxylation is 1. The fourth-order valence-electron chi connectivity index (χ4n) is 3.19. The molecule has 1 spiro atoms. The summed E-state index contributed by atoms with van der Waals surface area (Å²) >= 11 is 0. The molecule has 0 unspecified atom stereocenters. The van der Waals surface area contributed by atoms with Gasteiger partial charge in [0, 0.05) is 48.5 Å². The second-order valence-corrected chi connectivity index (χ2v) is 6.27. The molecule has 2 aromatic heterocycles. The Balaban J connectivity index is 1.80. The summed E-state index contributed by atoms with van der Waals surface area (Å²) in [5, 5.41) is 2.69. The van der Waals surface area contributed by atoms with Crippen LogP contribution in [0.4, 0.5) is 21.8 Å². The first-order chi connectivity index (χ1) is 11.0. The van der Waals surface area contributed by atoms with E-state index in [0.717, 1.165) is 30.6 Å². The first-order valence-electron chi connectivity index (χ1n) is 7.54. The van der Waals surface area contributed by atoms with Gasteiger partial charge in [-0.2, -0.15) is 9.37 Å². The SMILES string of the molecule is CC(=O)Nc1cc2c(cn1)C1(CC1)CN2c1nc(C)cc(F)n1. The van der Waals surface area contributed by atoms with Gasteiger partial charge in [-0.3, -0.25) is 4.79 Å². The Morgan fingerprint density at radius 1 is 1.35 bits per heavy atom. The van der Waals surface area contributed by atoms with Gasteiger partial charge in [-0.05, 0) is 19.8 Å². The quantitative estimate of drug-likeness (QED) is 0.862. The second kappa shape index (κ2) is 4.71. The van der Waals surface area contributed by atoms with E-state index < -0.39 is 5.95 Å². The molecule has 0 aromatic carbocycles. The van der Waals surface area contributed by atoms with E-state index in [4.69, 9.17) is 0 Å². The molecule has 2 aromatic rings. The number of rotatable bonds is 2. The molecule has 2 aliphatic rings. The number of anilines is 3. The minimum Gasteiger partial charge on any atom is -0.311 e. The molecular formula is C16H16FN5O. The van der Waals surface area contributed by atoms with Gasteiger partial charge in [-0.15, -0.1) is 0 Å². The Bertz CT molecular complexity index is 798. The van der Waals surface area contributed by atoms with Gasteiger partial charge in [0.15, 0.2) is 0 Å². The lowest BCUT2D eigenvalue weighted by Gasteiger charge is -2.18. The summed E-state index contributed by atoms with van der Waals surface area (Å²) in [7, 11) is 0. The largest absolute Gasteiger partial charge is 0.311 e. The third-order valence-corrected chi connectivity index (χ3v) is 4.42. The number of hydrogen-bond donors (Lipinski definition) is 1. The Labute approximate surface area is 132 Å². The number of fused-ring (bicyclic) bond motifs is 2. The number of carbonyl (C=O) groups excluding carboxylic acids is 1. The van der Waals surface area contributed by atoms with E-state index in [2.05, 4.69) is 20.3 Å². The molecule has 23 heavy (non-hydrogen) atoms. The van der Waals surface area contributed by atoms with Gasteiger partial charge in [0.25, 0.3) is 0 Å². The van der Waals surface area contributed by atoms with Crippen molar-refractivity contribution in [3.8, 4) is 0 Å². The van der Waals surface area contributed by atoms with Crippen LogP contribution in [0.25, 0.3) is 0 Å². The second-order valence-electron chi connectivity index (χ2n) is 6.27. The summed E-state index contributed by atoms with van der Waals surface area (Å²) in [6.07, 6.45) is 3.96. The summed E-state index contributed by atoms with van der Waals surface area (Å²) in [6.45, 7) is 3.90. The molecule has 3 heterocycles. The predicted molar refractivity (Wildman–Crippen MR) is 83.2 cm³/mol. The average Bonchev–Trinajstić information content (AvgIpc) is 3.16. The third kappa shape index (κ3) is 2.32. The van der Waals surface area contributed by atoms with Crippen molar-refractivity contribution in [1.82, 2.24) is 15.0 Å². The molecular weight excluding hydrogens is 297 g/mol. The van der Waals surface area contributed by atoms with Gasteiger partial charge in [-0.25, -0.2) is 9.97 Å². The molecule has 1 N–H and O–H groups in total. The van der Waals surface area contributed by atoms with Gasteiger partial charge in [0.05, 0.1) is 5.69 Å². The van der Waals surface area contributed by atoms with Crippen LogP contribution in [0.1, 0.15) is 31.0 Å². The molecule has 1 fully saturated rings. The van der Waals surface area contributed by atoms with E-state index in [1.165, 1.54) is 13.0 Å². The zero-order valence-electron chi connectivity index (χ0n) is 12.9. The van der Waals surface area contributed by atoms with Crippen LogP contribution in [-0.2, 0) is 10.2 Å². The van der Waals surface area contributed by atoms with Crippen molar-refractivity contribution in [2.75, 3.05) is 16.8 Å². The summed E-state index contributed by atoms with van der Waals surface area (Å²) < 4.78 is 13.7. The number of carbonyl (C=O) groups is 1. The molecule has 4 rings (SSSR count). The van der Waals surface area contributed by atoms with Gasteiger partial charge in [0.2, 0.25) is 17.8 Å². The summed E-state index contributed by atoms with van der Waals surface area (Å²) in [5.41, 5.74) is 2.67. The first-order valence-corrected chi connectivity index (χ1v) is 7.54. The maximum absolute atomic E-state index is 13.7. The predicted octanol–water partition coefficient (Wildman–Crippen LogP) is 2.46. The maximum Gasteiger partial charge on any atom is 0.232 e. The molecule has 0 atom stereocenters. The zero-order chi connectivity index (χ0) is 16.2. The normalized spacial score (nSPS) is 17.3. The molecule has 1 aliphatic carbocycles. The van der Waals surface area contributed by atoms with E-state index >= 15 is 0 Å². The number of hydrogen-bond acceptors (Lipinski definition) is 5. The van der Waals surface area contributed by atoms with E-state index in [1.54, 1.807) is 13.1 Å². The van der Waals surface area contributed by atoms with Crippen molar-refractivity contribution in [3.63, 3.8) is 0 Å². The Kier molecular flexibility index (Phi) is 2.88. The molecule has 7 heteroatoms. The molecule has 6 nitrogen and oxygen atoms in total. The number of aromatic nitrogens is 3. The van der Waals surface area contributed by atoms with Crippen LogP contribution in [0.5, 0.6) is 0 Å². The third-order valence-electron chi connectivity index (χ3n) is 4.42. The van der Waals surface area contributed by atoms with Crippen LogP contribution in [-0.4, -0.2) is 27.4 Å². The van der Waals surface area contributed by atoms with Crippen molar-refractivity contribution in [1.29, 1.82) is 0 Å². The van der Waals surface area contributed by atoms with Gasteiger partial charge in [-0.1, -0.05) is 0 Å². The lowest BCUT2D eigenvalue weighted by atomic mass is 10.0. The van der Waals surface area contributed by atoms with E-state index in [-0.39, 0.29) is 11.3 Å². The highest BCUT2D eigenvalue weighted by molar-refractivity contribution is 5.88. The molecule has 118 valence electrons. The van der Waals surface area contributed by atoms with E-state index in [9.17, 15) is 9.18 Å². The number of nitrogens with zero attached hydrogens (tertiary/aromatic N) is 4. The first kappa shape index (κ1) is 14.0. The lowest BCUT2D eigenvalue weighted by molar-refractivity contribution is -0.114. The molecule has 1 amide bonds. The minimum atomic E-state index is -0.540. The molecule has 1 saturated carbocycles. The Hall–Kier alpha value is -2.57. The zero-order valence-corrected chi connectivity index (χ0v) is 12.9. The highest BCUT2D eigenvalue weighted by atomic mass is 19.1. The smallest absolute Gasteiger partial charge is 0.232 e. The fraction of sp³-hybridized carbons (Fsp3) is 0.375. The fourth-order valence-corrected chi connectivity index (χ4v) is 3.19. The van der Waals surface area contributed by atoms with Crippen molar-refractivity contribution < 1.29 is 9.18 Å². The highest BCUT2D eigenvalue weighted by Gasteiger charge is 2.53. The van der Waals surface area contributed by atoms with Crippen molar-refractivity contribution in [2.45, 2.75) is 32.1 Å². The van der Waals surface area contributed by atoms with Crippen LogP contribution in [0.3, 0.4) is 0 Å². The summed E-state index contributed by atoms with van der Waals surface area (Å²) in [6, 6.07) is 3.12. The van der Waals surface area contributed by atoms with Crippen molar-refractivity contribution in [3.05, 3.63) is 35.5 Å². The Morgan fingerprint density at radius 3 is 2.78 bits per heavy atom. The summed E-state index contributed by atoms with van der Waals surface area (Å²) in [5.74, 6) is 0.113. The molecule has 0 radical (unpaired) electrons.